The summed E-state index contributed by atoms with van der Waals surface area (Å²) < 4.78 is 4.70. The van der Waals surface area contributed by atoms with Crippen LogP contribution in [-0.2, 0) is 11.2 Å². The van der Waals surface area contributed by atoms with E-state index in [0.717, 1.165) is 12.1 Å². The lowest BCUT2D eigenvalue weighted by Gasteiger charge is -2.08. The lowest BCUT2D eigenvalue weighted by Crippen LogP contribution is -2.05. The summed E-state index contributed by atoms with van der Waals surface area (Å²) in [6.45, 7) is 1.99. The number of aryl methyl sites for hydroxylation is 1. The normalized spacial score (nSPS) is 10.2. The molecule has 0 unspecified atom stereocenters. The van der Waals surface area contributed by atoms with Gasteiger partial charge >= 0.3 is 5.97 Å². The lowest BCUT2D eigenvalue weighted by molar-refractivity contribution is -0.384. The SMILES string of the molecule is CCc1ccc(-c2ccc([N+](=O)[O-])cc2C(=O)OC)cn1. The van der Waals surface area contributed by atoms with Gasteiger partial charge in [-0.15, -0.1) is 0 Å². The number of hydrogen-bond donors (Lipinski definition) is 0. The molecule has 0 radical (unpaired) electrons. The van der Waals surface area contributed by atoms with Crippen molar-refractivity contribution in [3.8, 4) is 11.1 Å². The molecule has 0 amide bonds. The van der Waals surface area contributed by atoms with E-state index in [2.05, 4.69) is 4.98 Å². The van der Waals surface area contributed by atoms with E-state index in [1.54, 1.807) is 6.20 Å². The average molecular weight is 286 g/mol. The number of nitrogens with zero attached hydrogens (tertiary/aromatic N) is 2. The van der Waals surface area contributed by atoms with Gasteiger partial charge in [0.2, 0.25) is 0 Å². The summed E-state index contributed by atoms with van der Waals surface area (Å²) in [4.78, 5) is 26.4. The maximum atomic E-state index is 11.8. The highest BCUT2D eigenvalue weighted by Gasteiger charge is 2.18. The van der Waals surface area contributed by atoms with E-state index in [4.69, 9.17) is 4.74 Å². The fourth-order valence-electron chi connectivity index (χ4n) is 1.97. The zero-order chi connectivity index (χ0) is 15.4. The van der Waals surface area contributed by atoms with Gasteiger partial charge < -0.3 is 4.74 Å². The van der Waals surface area contributed by atoms with Gasteiger partial charge in [0.25, 0.3) is 5.69 Å². The summed E-state index contributed by atoms with van der Waals surface area (Å²) in [5, 5.41) is 10.8. The van der Waals surface area contributed by atoms with Gasteiger partial charge in [0.1, 0.15) is 0 Å². The van der Waals surface area contributed by atoms with Gasteiger partial charge in [0.05, 0.1) is 17.6 Å². The van der Waals surface area contributed by atoms with Crippen molar-refractivity contribution in [3.63, 3.8) is 0 Å². The number of rotatable bonds is 4. The molecule has 0 aliphatic carbocycles. The number of pyridine rings is 1. The van der Waals surface area contributed by atoms with Crippen LogP contribution in [0.25, 0.3) is 11.1 Å². The highest BCUT2D eigenvalue weighted by molar-refractivity contribution is 5.97. The lowest BCUT2D eigenvalue weighted by atomic mass is 10.00. The van der Waals surface area contributed by atoms with Crippen molar-refractivity contribution in [1.82, 2.24) is 4.98 Å². The smallest absolute Gasteiger partial charge is 0.338 e. The molecule has 21 heavy (non-hydrogen) atoms. The van der Waals surface area contributed by atoms with E-state index in [9.17, 15) is 14.9 Å². The predicted molar refractivity (Wildman–Crippen MR) is 77.0 cm³/mol. The number of esters is 1. The van der Waals surface area contributed by atoms with Crippen LogP contribution in [0.1, 0.15) is 23.0 Å². The van der Waals surface area contributed by atoms with Crippen LogP contribution < -0.4 is 0 Å². The molecule has 0 aliphatic rings. The number of non-ortho nitro benzene ring substituents is 1. The minimum absolute atomic E-state index is 0.151. The molecule has 1 heterocycles. The fourth-order valence-corrected chi connectivity index (χ4v) is 1.97. The van der Waals surface area contributed by atoms with E-state index in [1.165, 1.54) is 25.3 Å². The standard InChI is InChI=1S/C15H14N2O4/c1-3-11-5-4-10(9-16-11)13-7-6-12(17(19)20)8-14(13)15(18)21-2/h4-9H,3H2,1-2H3. The molecule has 6 nitrogen and oxygen atoms in total. The van der Waals surface area contributed by atoms with Crippen LogP contribution in [0.3, 0.4) is 0 Å². The number of aromatic nitrogens is 1. The number of benzene rings is 1. The number of carbonyl (C=O) groups excluding carboxylic acids is 1. The summed E-state index contributed by atoms with van der Waals surface area (Å²) in [6.07, 6.45) is 2.46. The minimum atomic E-state index is -0.617. The number of ether oxygens (including phenoxy) is 1. The first-order valence-electron chi connectivity index (χ1n) is 6.39. The Balaban J connectivity index is 2.55. The molecular formula is C15H14N2O4. The Morgan fingerprint density at radius 2 is 2.10 bits per heavy atom. The molecule has 0 saturated heterocycles. The molecule has 6 heteroatoms. The van der Waals surface area contributed by atoms with Gasteiger partial charge in [0, 0.05) is 29.6 Å². The number of nitro benzene ring substituents is 1. The third kappa shape index (κ3) is 3.05. The summed E-state index contributed by atoms with van der Waals surface area (Å²) in [6, 6.07) is 7.80. The van der Waals surface area contributed by atoms with Crippen LogP contribution >= 0.6 is 0 Å². The molecule has 0 spiro atoms. The van der Waals surface area contributed by atoms with Gasteiger partial charge in [-0.2, -0.15) is 0 Å². The Bertz CT molecular complexity index is 681. The first-order valence-corrected chi connectivity index (χ1v) is 6.39. The van der Waals surface area contributed by atoms with Crippen molar-refractivity contribution in [3.05, 3.63) is 57.9 Å². The van der Waals surface area contributed by atoms with Crippen molar-refractivity contribution >= 4 is 11.7 Å². The second kappa shape index (κ2) is 6.13. The summed E-state index contributed by atoms with van der Waals surface area (Å²) >= 11 is 0. The van der Waals surface area contributed by atoms with Crippen molar-refractivity contribution in [2.24, 2.45) is 0 Å². The largest absolute Gasteiger partial charge is 0.465 e. The molecule has 2 aromatic rings. The van der Waals surface area contributed by atoms with Crippen LogP contribution in [0.5, 0.6) is 0 Å². The number of carbonyl (C=O) groups is 1. The minimum Gasteiger partial charge on any atom is -0.465 e. The zero-order valence-electron chi connectivity index (χ0n) is 11.7. The van der Waals surface area contributed by atoms with Crippen molar-refractivity contribution in [2.45, 2.75) is 13.3 Å². The fraction of sp³-hybridized carbons (Fsp3) is 0.200. The molecule has 1 aromatic carbocycles. The Labute approximate surface area is 121 Å². The van der Waals surface area contributed by atoms with Crippen LogP contribution in [0.4, 0.5) is 5.69 Å². The van der Waals surface area contributed by atoms with Gasteiger partial charge in [-0.05, 0) is 24.1 Å². The van der Waals surface area contributed by atoms with Gasteiger partial charge in [-0.1, -0.05) is 13.0 Å². The Kier molecular flexibility index (Phi) is 4.27. The van der Waals surface area contributed by atoms with Crippen LogP contribution in [0.15, 0.2) is 36.5 Å². The van der Waals surface area contributed by atoms with Gasteiger partial charge in [-0.3, -0.25) is 15.1 Å². The Hall–Kier alpha value is -2.76. The van der Waals surface area contributed by atoms with E-state index >= 15 is 0 Å². The first kappa shape index (κ1) is 14.6. The maximum Gasteiger partial charge on any atom is 0.338 e. The third-order valence-corrected chi connectivity index (χ3v) is 3.12. The highest BCUT2D eigenvalue weighted by atomic mass is 16.6. The summed E-state index contributed by atoms with van der Waals surface area (Å²) in [7, 11) is 1.24. The van der Waals surface area contributed by atoms with Crippen molar-refractivity contribution < 1.29 is 14.5 Å². The molecule has 108 valence electrons. The van der Waals surface area contributed by atoms with E-state index in [1.807, 2.05) is 19.1 Å². The number of nitro groups is 1. The van der Waals surface area contributed by atoms with Crippen molar-refractivity contribution in [1.29, 1.82) is 0 Å². The molecule has 2 rings (SSSR count). The quantitative estimate of drug-likeness (QED) is 0.490. The van der Waals surface area contributed by atoms with Crippen LogP contribution in [0.2, 0.25) is 0 Å². The predicted octanol–water partition coefficient (Wildman–Crippen LogP) is 3.01. The first-order chi connectivity index (χ1) is 10.1. The van der Waals surface area contributed by atoms with Crippen LogP contribution in [-0.4, -0.2) is 23.0 Å². The molecule has 0 saturated carbocycles. The topological polar surface area (TPSA) is 82.3 Å². The van der Waals surface area contributed by atoms with E-state index < -0.39 is 10.9 Å². The van der Waals surface area contributed by atoms with Gasteiger partial charge in [0.15, 0.2) is 0 Å². The molecule has 1 aromatic heterocycles. The van der Waals surface area contributed by atoms with Crippen LogP contribution in [0, 0.1) is 10.1 Å². The highest BCUT2D eigenvalue weighted by Crippen LogP contribution is 2.27. The van der Waals surface area contributed by atoms with E-state index in [0.29, 0.717) is 11.1 Å². The molecular weight excluding hydrogens is 272 g/mol. The second-order valence-corrected chi connectivity index (χ2v) is 4.37. The molecule has 0 bridgehead atoms. The zero-order valence-corrected chi connectivity index (χ0v) is 11.7. The molecule has 0 N–H and O–H groups in total. The summed E-state index contributed by atoms with van der Waals surface area (Å²) in [5.41, 5.74) is 2.19. The number of methoxy groups -OCH3 is 1. The Morgan fingerprint density at radius 1 is 1.33 bits per heavy atom. The number of hydrogen-bond acceptors (Lipinski definition) is 5. The molecule has 0 fully saturated rings. The summed E-state index contributed by atoms with van der Waals surface area (Å²) in [5.74, 6) is -0.617. The van der Waals surface area contributed by atoms with E-state index in [-0.39, 0.29) is 11.3 Å². The van der Waals surface area contributed by atoms with Crippen molar-refractivity contribution in [2.75, 3.05) is 7.11 Å². The van der Waals surface area contributed by atoms with Gasteiger partial charge in [-0.25, -0.2) is 4.79 Å². The average Bonchev–Trinajstić information content (AvgIpc) is 2.53. The molecule has 0 atom stereocenters. The monoisotopic (exact) mass is 286 g/mol. The Morgan fingerprint density at radius 3 is 2.62 bits per heavy atom. The third-order valence-electron chi connectivity index (χ3n) is 3.12. The molecule has 0 aliphatic heterocycles. The maximum absolute atomic E-state index is 11.8. The second-order valence-electron chi connectivity index (χ2n) is 4.37.